The molecule has 2 aromatic rings. The summed E-state index contributed by atoms with van der Waals surface area (Å²) in [7, 11) is 0. The van der Waals surface area contributed by atoms with Crippen LogP contribution in [0.4, 0.5) is 5.95 Å². The lowest BCUT2D eigenvalue weighted by molar-refractivity contribution is 0.696. The summed E-state index contributed by atoms with van der Waals surface area (Å²) in [5.41, 5.74) is 7.18. The van der Waals surface area contributed by atoms with Gasteiger partial charge in [0.2, 0.25) is 0 Å². The summed E-state index contributed by atoms with van der Waals surface area (Å²) in [5.74, 6) is 0.156. The summed E-state index contributed by atoms with van der Waals surface area (Å²) in [6, 6.07) is 3.69. The van der Waals surface area contributed by atoms with Crippen molar-refractivity contribution >= 4 is 11.7 Å². The monoisotopic (exact) mass is 203 g/mol. The van der Waals surface area contributed by atoms with Gasteiger partial charge in [0.15, 0.2) is 0 Å². The predicted octanol–water partition coefficient (Wildman–Crippen LogP) is -0.0774. The maximum Gasteiger partial charge on any atom is 0.263 e. The Bertz CT molecular complexity index is 473. The lowest BCUT2D eigenvalue weighted by Gasteiger charge is -1.98. The van der Waals surface area contributed by atoms with E-state index in [1.165, 1.54) is 4.79 Å². The molecule has 7 heteroatoms. The van der Waals surface area contributed by atoms with Crippen LogP contribution in [0.2, 0.25) is 0 Å². The Hall–Kier alpha value is -2.31. The van der Waals surface area contributed by atoms with E-state index in [0.717, 1.165) is 11.3 Å². The van der Waals surface area contributed by atoms with E-state index in [0.29, 0.717) is 0 Å². The molecule has 76 valence electrons. The highest BCUT2D eigenvalue weighted by Gasteiger charge is 2.01. The molecule has 2 heterocycles. The van der Waals surface area contributed by atoms with E-state index in [4.69, 9.17) is 5.73 Å². The van der Waals surface area contributed by atoms with Crippen molar-refractivity contribution in [2.24, 2.45) is 5.10 Å². The minimum Gasteiger partial charge on any atom is -0.365 e. The van der Waals surface area contributed by atoms with E-state index in [-0.39, 0.29) is 5.95 Å². The Kier molecular flexibility index (Phi) is 2.36. The van der Waals surface area contributed by atoms with Crippen molar-refractivity contribution in [1.29, 1.82) is 0 Å². The minimum absolute atomic E-state index is 0.156. The first kappa shape index (κ1) is 9.25. The Morgan fingerprint density at radius 3 is 2.73 bits per heavy atom. The average Bonchev–Trinajstić information content (AvgIpc) is 2.66. The summed E-state index contributed by atoms with van der Waals surface area (Å²) < 4.78 is 0. The normalized spacial score (nSPS) is 11.7. The lowest BCUT2D eigenvalue weighted by Crippen LogP contribution is -2.04. The minimum atomic E-state index is 0.156. The zero-order valence-corrected chi connectivity index (χ0v) is 8.07. The Morgan fingerprint density at radius 1 is 1.40 bits per heavy atom. The van der Waals surface area contributed by atoms with Crippen molar-refractivity contribution in [3.63, 3.8) is 0 Å². The molecule has 0 atom stereocenters. The van der Waals surface area contributed by atoms with Gasteiger partial charge in [-0.1, -0.05) is 9.89 Å². The van der Waals surface area contributed by atoms with Crippen molar-refractivity contribution in [2.75, 3.05) is 5.73 Å². The highest BCUT2D eigenvalue weighted by molar-refractivity contribution is 5.98. The highest BCUT2D eigenvalue weighted by atomic mass is 15.7. The van der Waals surface area contributed by atoms with Crippen LogP contribution in [0.1, 0.15) is 12.5 Å². The molecular weight excluding hydrogens is 194 g/mol. The maximum atomic E-state index is 5.47. The summed E-state index contributed by atoms with van der Waals surface area (Å²) in [5, 5.41) is 14.7. The average molecular weight is 203 g/mol. The van der Waals surface area contributed by atoms with Gasteiger partial charge in [0.25, 0.3) is 5.95 Å². The fourth-order valence-corrected chi connectivity index (χ4v) is 1.05. The number of nitrogens with two attached hydrogens (primary N) is 1. The van der Waals surface area contributed by atoms with E-state index >= 15 is 0 Å². The van der Waals surface area contributed by atoms with Crippen LogP contribution in [0.25, 0.3) is 0 Å². The SMILES string of the molecule is C/C(=N/n1nnnc1N)c1ccncc1. The number of hydrogen-bond acceptors (Lipinski definition) is 6. The zero-order valence-electron chi connectivity index (χ0n) is 8.07. The van der Waals surface area contributed by atoms with Crippen molar-refractivity contribution < 1.29 is 0 Å². The molecule has 0 aliphatic heterocycles. The molecule has 0 amide bonds. The summed E-state index contributed by atoms with van der Waals surface area (Å²) in [4.78, 5) is 5.09. The van der Waals surface area contributed by atoms with Gasteiger partial charge in [0.1, 0.15) is 0 Å². The van der Waals surface area contributed by atoms with Crippen LogP contribution >= 0.6 is 0 Å². The highest BCUT2D eigenvalue weighted by Crippen LogP contribution is 2.00. The molecule has 2 N–H and O–H groups in total. The Balaban J connectivity index is 2.33. The van der Waals surface area contributed by atoms with E-state index < -0.39 is 0 Å². The molecule has 0 spiro atoms. The number of pyridine rings is 1. The summed E-state index contributed by atoms with van der Waals surface area (Å²) >= 11 is 0. The van der Waals surface area contributed by atoms with Crippen molar-refractivity contribution in [1.82, 2.24) is 25.3 Å². The molecule has 2 aromatic heterocycles. The molecule has 0 radical (unpaired) electrons. The fourth-order valence-electron chi connectivity index (χ4n) is 1.05. The van der Waals surface area contributed by atoms with Gasteiger partial charge in [-0.2, -0.15) is 5.10 Å². The first-order chi connectivity index (χ1) is 7.27. The van der Waals surface area contributed by atoms with Crippen LogP contribution < -0.4 is 5.73 Å². The van der Waals surface area contributed by atoms with Crippen LogP contribution in [0, 0.1) is 0 Å². The van der Waals surface area contributed by atoms with Gasteiger partial charge in [-0.15, -0.1) is 0 Å². The van der Waals surface area contributed by atoms with Gasteiger partial charge in [0, 0.05) is 18.0 Å². The van der Waals surface area contributed by atoms with Gasteiger partial charge >= 0.3 is 0 Å². The van der Waals surface area contributed by atoms with Crippen LogP contribution in [0.15, 0.2) is 29.6 Å². The van der Waals surface area contributed by atoms with Crippen LogP contribution in [0.3, 0.4) is 0 Å². The molecule has 0 saturated carbocycles. The smallest absolute Gasteiger partial charge is 0.263 e. The second-order valence-corrected chi connectivity index (χ2v) is 2.85. The summed E-state index contributed by atoms with van der Waals surface area (Å²) in [6.07, 6.45) is 3.38. The largest absolute Gasteiger partial charge is 0.365 e. The van der Waals surface area contributed by atoms with Crippen LogP contribution in [-0.2, 0) is 0 Å². The number of aromatic nitrogens is 5. The molecule has 0 aliphatic rings. The molecule has 0 aromatic carbocycles. The third kappa shape index (κ3) is 1.96. The van der Waals surface area contributed by atoms with Gasteiger partial charge < -0.3 is 5.73 Å². The van der Waals surface area contributed by atoms with Crippen LogP contribution in [0.5, 0.6) is 0 Å². The zero-order chi connectivity index (χ0) is 10.7. The quantitative estimate of drug-likeness (QED) is 0.689. The number of hydrogen-bond donors (Lipinski definition) is 1. The van der Waals surface area contributed by atoms with E-state index in [1.54, 1.807) is 12.4 Å². The van der Waals surface area contributed by atoms with E-state index in [2.05, 4.69) is 25.6 Å². The van der Waals surface area contributed by atoms with Gasteiger partial charge in [-0.25, -0.2) is 0 Å². The molecule has 0 aliphatic carbocycles. The molecule has 0 fully saturated rings. The Labute approximate surface area is 85.6 Å². The third-order valence-electron chi connectivity index (χ3n) is 1.82. The Morgan fingerprint density at radius 2 is 2.13 bits per heavy atom. The van der Waals surface area contributed by atoms with Gasteiger partial charge in [-0.3, -0.25) is 4.98 Å². The summed E-state index contributed by atoms with van der Waals surface area (Å²) in [6.45, 7) is 1.84. The van der Waals surface area contributed by atoms with Crippen molar-refractivity contribution in [2.45, 2.75) is 6.92 Å². The second-order valence-electron chi connectivity index (χ2n) is 2.85. The predicted molar refractivity (Wildman–Crippen MR) is 54.1 cm³/mol. The molecule has 0 bridgehead atoms. The molecule has 2 rings (SSSR count). The maximum absolute atomic E-state index is 5.47. The van der Waals surface area contributed by atoms with E-state index in [9.17, 15) is 0 Å². The number of rotatable bonds is 2. The third-order valence-corrected chi connectivity index (χ3v) is 1.82. The number of nitrogen functional groups attached to an aromatic ring is 1. The van der Waals surface area contributed by atoms with Crippen molar-refractivity contribution in [3.8, 4) is 0 Å². The van der Waals surface area contributed by atoms with Gasteiger partial charge in [0.05, 0.1) is 5.71 Å². The van der Waals surface area contributed by atoms with Crippen molar-refractivity contribution in [3.05, 3.63) is 30.1 Å². The molecule has 0 unspecified atom stereocenters. The number of nitrogens with zero attached hydrogens (tertiary/aromatic N) is 6. The standard InChI is InChI=1S/C8H9N7/c1-6(7-2-4-10-5-3-7)12-15-8(9)11-13-14-15/h2-5H,1H3,(H2,9,11,14)/b12-6-. The topological polar surface area (TPSA) is 94.9 Å². The number of anilines is 1. The first-order valence-electron chi connectivity index (χ1n) is 4.27. The first-order valence-corrected chi connectivity index (χ1v) is 4.27. The molecule has 15 heavy (non-hydrogen) atoms. The fraction of sp³-hybridized carbons (Fsp3) is 0.125. The number of tetrazole rings is 1. The van der Waals surface area contributed by atoms with Gasteiger partial charge in [-0.05, 0) is 29.5 Å². The van der Waals surface area contributed by atoms with Crippen LogP contribution in [-0.4, -0.2) is 31.0 Å². The van der Waals surface area contributed by atoms with E-state index in [1.807, 2.05) is 19.1 Å². The molecule has 7 nitrogen and oxygen atoms in total. The molecular formula is C8H9N7. The molecule has 0 saturated heterocycles. The lowest BCUT2D eigenvalue weighted by atomic mass is 10.2. The second kappa shape index (κ2) is 3.82.